The summed E-state index contributed by atoms with van der Waals surface area (Å²) in [4.78, 5) is 17.8. The third-order valence-corrected chi connectivity index (χ3v) is 2.43. The molecule has 1 N–H and O–H groups in total. The molecular formula is C11H10N6O2. The number of nitriles is 1. The zero-order valence-corrected chi connectivity index (χ0v) is 9.85. The molecule has 8 heteroatoms. The average molecular weight is 258 g/mol. The van der Waals surface area contributed by atoms with Crippen molar-refractivity contribution in [2.45, 2.75) is 6.54 Å². The Labute approximate surface area is 108 Å². The molecule has 2 aromatic heterocycles. The predicted octanol–water partition coefficient (Wildman–Crippen LogP) is 1.17. The van der Waals surface area contributed by atoms with Crippen LogP contribution in [0.25, 0.3) is 0 Å². The lowest BCUT2D eigenvalue weighted by Gasteiger charge is -2.07. The molecule has 0 fully saturated rings. The van der Waals surface area contributed by atoms with Gasteiger partial charge in [-0.1, -0.05) is 0 Å². The second kappa shape index (κ2) is 5.59. The number of aromatic nitrogens is 3. The Morgan fingerprint density at radius 2 is 2.42 bits per heavy atom. The van der Waals surface area contributed by atoms with Gasteiger partial charge in [0, 0.05) is 31.5 Å². The number of pyridine rings is 1. The molecule has 0 radical (unpaired) electrons. The molecule has 0 aliphatic heterocycles. The van der Waals surface area contributed by atoms with Gasteiger partial charge in [0.2, 0.25) is 0 Å². The quantitative estimate of drug-likeness (QED) is 0.636. The fourth-order valence-corrected chi connectivity index (χ4v) is 1.50. The lowest BCUT2D eigenvalue weighted by molar-refractivity contribution is -0.385. The van der Waals surface area contributed by atoms with Crippen molar-refractivity contribution in [3.63, 3.8) is 0 Å². The minimum atomic E-state index is -0.580. The van der Waals surface area contributed by atoms with Gasteiger partial charge in [0.25, 0.3) is 5.69 Å². The van der Waals surface area contributed by atoms with Crippen LogP contribution >= 0.6 is 0 Å². The first-order valence-corrected chi connectivity index (χ1v) is 5.45. The van der Waals surface area contributed by atoms with E-state index in [4.69, 9.17) is 5.26 Å². The van der Waals surface area contributed by atoms with Crippen molar-refractivity contribution in [3.05, 3.63) is 46.7 Å². The number of anilines is 1. The summed E-state index contributed by atoms with van der Waals surface area (Å²) in [5, 5.41) is 22.5. The first-order chi connectivity index (χ1) is 9.20. The number of nitrogens with one attached hydrogen (secondary N) is 1. The predicted molar refractivity (Wildman–Crippen MR) is 66.3 cm³/mol. The van der Waals surface area contributed by atoms with Crippen LogP contribution in [0.2, 0.25) is 0 Å². The first kappa shape index (κ1) is 12.5. The van der Waals surface area contributed by atoms with Gasteiger partial charge in [-0.25, -0.2) is 9.97 Å². The Hall–Kier alpha value is -2.95. The molecule has 2 heterocycles. The van der Waals surface area contributed by atoms with E-state index in [-0.39, 0.29) is 11.3 Å². The van der Waals surface area contributed by atoms with Crippen molar-refractivity contribution in [1.29, 1.82) is 5.26 Å². The lowest BCUT2D eigenvalue weighted by atomic mass is 10.2. The molecule has 96 valence electrons. The van der Waals surface area contributed by atoms with Crippen LogP contribution in [0, 0.1) is 21.4 Å². The zero-order chi connectivity index (χ0) is 13.7. The summed E-state index contributed by atoms with van der Waals surface area (Å²) < 4.78 is 1.87. The minimum absolute atomic E-state index is 0.153. The van der Waals surface area contributed by atoms with Gasteiger partial charge >= 0.3 is 0 Å². The molecule has 0 atom stereocenters. The molecule has 0 bridgehead atoms. The highest BCUT2D eigenvalue weighted by Crippen LogP contribution is 2.17. The number of hydrogen-bond donors (Lipinski definition) is 1. The second-order valence-electron chi connectivity index (χ2n) is 3.69. The maximum Gasteiger partial charge on any atom is 0.289 e. The smallest absolute Gasteiger partial charge is 0.289 e. The highest BCUT2D eigenvalue weighted by atomic mass is 16.6. The van der Waals surface area contributed by atoms with Crippen LogP contribution in [0.3, 0.4) is 0 Å². The van der Waals surface area contributed by atoms with Gasteiger partial charge in [-0.05, 0) is 0 Å². The topological polar surface area (TPSA) is 110 Å². The van der Waals surface area contributed by atoms with E-state index >= 15 is 0 Å². The fraction of sp³-hybridized carbons (Fsp3) is 0.182. The Bertz CT molecular complexity index is 617. The van der Waals surface area contributed by atoms with Gasteiger partial charge < -0.3 is 9.88 Å². The number of nitro groups is 1. The Kier molecular flexibility index (Phi) is 3.68. The van der Waals surface area contributed by atoms with Gasteiger partial charge in [-0.2, -0.15) is 5.26 Å². The van der Waals surface area contributed by atoms with E-state index in [0.717, 1.165) is 6.20 Å². The zero-order valence-electron chi connectivity index (χ0n) is 9.85. The molecule has 0 unspecified atom stereocenters. The summed E-state index contributed by atoms with van der Waals surface area (Å²) in [7, 11) is 0. The normalized spacial score (nSPS) is 9.84. The molecule has 19 heavy (non-hydrogen) atoms. The van der Waals surface area contributed by atoms with Crippen molar-refractivity contribution < 1.29 is 4.92 Å². The molecule has 2 rings (SSSR count). The van der Waals surface area contributed by atoms with Crippen molar-refractivity contribution in [1.82, 2.24) is 14.5 Å². The summed E-state index contributed by atoms with van der Waals surface area (Å²) >= 11 is 0. The van der Waals surface area contributed by atoms with Crippen molar-refractivity contribution >= 4 is 11.5 Å². The standard InChI is InChI=1S/C11H10N6O2/c12-6-9-5-10(17(18)19)7-15-11(9)14-2-4-16-3-1-13-8-16/h1,3,5,7-8H,2,4H2,(H,14,15). The Morgan fingerprint density at radius 3 is 3.05 bits per heavy atom. The molecule has 0 aliphatic carbocycles. The monoisotopic (exact) mass is 258 g/mol. The molecule has 8 nitrogen and oxygen atoms in total. The van der Waals surface area contributed by atoms with Crippen LogP contribution in [0.4, 0.5) is 11.5 Å². The fourth-order valence-electron chi connectivity index (χ4n) is 1.50. The molecule has 0 saturated carbocycles. The summed E-state index contributed by atoms with van der Waals surface area (Å²) in [6.45, 7) is 1.19. The Morgan fingerprint density at radius 1 is 1.58 bits per heavy atom. The maximum absolute atomic E-state index is 10.6. The van der Waals surface area contributed by atoms with Crippen LogP contribution in [0.15, 0.2) is 31.0 Å². The van der Waals surface area contributed by atoms with Gasteiger partial charge in [-0.3, -0.25) is 10.1 Å². The molecular weight excluding hydrogens is 248 g/mol. The average Bonchev–Trinajstić information content (AvgIpc) is 2.92. The van der Waals surface area contributed by atoms with Crippen molar-refractivity contribution in [2.24, 2.45) is 0 Å². The highest BCUT2D eigenvalue weighted by molar-refractivity contribution is 5.55. The van der Waals surface area contributed by atoms with Crippen LogP contribution < -0.4 is 5.32 Å². The molecule has 0 saturated heterocycles. The summed E-state index contributed by atoms with van der Waals surface area (Å²) in [5.74, 6) is 0.341. The van der Waals surface area contributed by atoms with E-state index in [9.17, 15) is 10.1 Å². The Balaban J connectivity index is 2.04. The molecule has 0 spiro atoms. The number of nitrogens with zero attached hydrogens (tertiary/aromatic N) is 5. The van der Waals surface area contributed by atoms with E-state index in [0.29, 0.717) is 18.9 Å². The van der Waals surface area contributed by atoms with Crippen LogP contribution in [0.1, 0.15) is 5.56 Å². The number of hydrogen-bond acceptors (Lipinski definition) is 6. The number of rotatable bonds is 5. The molecule has 2 aromatic rings. The van der Waals surface area contributed by atoms with Crippen molar-refractivity contribution in [2.75, 3.05) is 11.9 Å². The molecule has 0 aromatic carbocycles. The van der Waals surface area contributed by atoms with Gasteiger partial charge in [-0.15, -0.1) is 0 Å². The largest absolute Gasteiger partial charge is 0.367 e. The van der Waals surface area contributed by atoms with Crippen molar-refractivity contribution in [3.8, 4) is 6.07 Å². The van der Waals surface area contributed by atoms with E-state index < -0.39 is 4.92 Å². The van der Waals surface area contributed by atoms with E-state index in [1.165, 1.54) is 6.07 Å². The number of imidazole rings is 1. The maximum atomic E-state index is 10.6. The lowest BCUT2D eigenvalue weighted by Crippen LogP contribution is -2.11. The molecule has 0 aliphatic rings. The highest BCUT2D eigenvalue weighted by Gasteiger charge is 2.11. The summed E-state index contributed by atoms with van der Waals surface area (Å²) in [5.41, 5.74) is -0.0449. The van der Waals surface area contributed by atoms with Crippen LogP contribution in [-0.4, -0.2) is 26.0 Å². The van der Waals surface area contributed by atoms with E-state index in [2.05, 4.69) is 15.3 Å². The van der Waals surface area contributed by atoms with Crippen LogP contribution in [-0.2, 0) is 6.54 Å². The van der Waals surface area contributed by atoms with Gasteiger partial charge in [0.15, 0.2) is 0 Å². The second-order valence-corrected chi connectivity index (χ2v) is 3.69. The van der Waals surface area contributed by atoms with Gasteiger partial charge in [0.05, 0.1) is 11.3 Å². The summed E-state index contributed by atoms with van der Waals surface area (Å²) in [6, 6.07) is 3.09. The SMILES string of the molecule is N#Cc1cc([N+](=O)[O-])cnc1NCCn1ccnc1. The molecule has 0 amide bonds. The van der Waals surface area contributed by atoms with Crippen LogP contribution in [0.5, 0.6) is 0 Å². The van der Waals surface area contributed by atoms with Gasteiger partial charge in [0.1, 0.15) is 23.6 Å². The first-order valence-electron chi connectivity index (χ1n) is 5.45. The minimum Gasteiger partial charge on any atom is -0.367 e. The van der Waals surface area contributed by atoms with E-state index in [1.807, 2.05) is 16.8 Å². The third kappa shape index (κ3) is 3.04. The third-order valence-electron chi connectivity index (χ3n) is 2.43. The summed E-state index contributed by atoms with van der Waals surface area (Å²) in [6.07, 6.45) is 6.29. The van der Waals surface area contributed by atoms with E-state index in [1.54, 1.807) is 12.5 Å².